The molecule has 1 aromatic carbocycles. The van der Waals surface area contributed by atoms with Gasteiger partial charge in [-0.1, -0.05) is 18.9 Å². The van der Waals surface area contributed by atoms with Crippen LogP contribution in [0.2, 0.25) is 0 Å². The lowest BCUT2D eigenvalue weighted by molar-refractivity contribution is 0.573. The molecule has 0 bridgehead atoms. The SMILES string of the molecule is CSCCCCCCNS(=O)(=O)c1ccc(CN)cc1Br. The molecule has 0 spiro atoms. The van der Waals surface area contributed by atoms with Gasteiger partial charge >= 0.3 is 0 Å². The summed E-state index contributed by atoms with van der Waals surface area (Å²) >= 11 is 5.14. The molecule has 0 heterocycles. The van der Waals surface area contributed by atoms with Gasteiger partial charge in [0.1, 0.15) is 0 Å². The third-order valence-electron chi connectivity index (χ3n) is 3.09. The second-order valence-corrected chi connectivity index (χ2v) is 8.35. The maximum Gasteiger partial charge on any atom is 0.241 e. The van der Waals surface area contributed by atoms with E-state index < -0.39 is 10.0 Å². The van der Waals surface area contributed by atoms with Crippen LogP contribution in [-0.2, 0) is 16.6 Å². The van der Waals surface area contributed by atoms with Crippen molar-refractivity contribution in [3.8, 4) is 0 Å². The number of thioether (sulfide) groups is 1. The molecule has 0 saturated carbocycles. The van der Waals surface area contributed by atoms with Gasteiger partial charge in [0.15, 0.2) is 0 Å². The molecule has 0 aliphatic carbocycles. The van der Waals surface area contributed by atoms with Crippen molar-refractivity contribution >= 4 is 37.7 Å². The fourth-order valence-corrected chi connectivity index (χ4v) is 4.59. The Kier molecular flexibility index (Phi) is 8.89. The van der Waals surface area contributed by atoms with Gasteiger partial charge in [-0.05, 0) is 58.5 Å². The summed E-state index contributed by atoms with van der Waals surface area (Å²) in [6.45, 7) is 0.870. The summed E-state index contributed by atoms with van der Waals surface area (Å²) in [4.78, 5) is 0.266. The lowest BCUT2D eigenvalue weighted by Crippen LogP contribution is -2.25. The highest BCUT2D eigenvalue weighted by Crippen LogP contribution is 2.23. The number of benzene rings is 1. The molecule has 0 aliphatic heterocycles. The van der Waals surface area contributed by atoms with E-state index in [1.165, 1.54) is 12.2 Å². The molecule has 0 aliphatic rings. The van der Waals surface area contributed by atoms with E-state index in [1.807, 2.05) is 11.8 Å². The molecule has 1 aromatic rings. The third-order valence-corrected chi connectivity index (χ3v) is 6.22. The second kappa shape index (κ2) is 9.84. The van der Waals surface area contributed by atoms with E-state index in [1.54, 1.807) is 18.2 Å². The molecule has 0 atom stereocenters. The summed E-state index contributed by atoms with van der Waals surface area (Å²) in [5, 5.41) is 0. The Morgan fingerprint density at radius 2 is 1.95 bits per heavy atom. The van der Waals surface area contributed by atoms with Crippen molar-refractivity contribution < 1.29 is 8.42 Å². The topological polar surface area (TPSA) is 72.2 Å². The molecule has 21 heavy (non-hydrogen) atoms. The zero-order valence-corrected chi connectivity index (χ0v) is 15.5. The van der Waals surface area contributed by atoms with Gasteiger partial charge in [0, 0.05) is 17.6 Å². The largest absolute Gasteiger partial charge is 0.326 e. The van der Waals surface area contributed by atoms with Gasteiger partial charge in [-0.3, -0.25) is 0 Å². The number of nitrogens with one attached hydrogen (secondary N) is 1. The zero-order chi connectivity index (χ0) is 15.7. The van der Waals surface area contributed by atoms with Gasteiger partial charge in [-0.25, -0.2) is 13.1 Å². The van der Waals surface area contributed by atoms with Crippen molar-refractivity contribution in [3.05, 3.63) is 28.2 Å². The number of hydrogen-bond donors (Lipinski definition) is 2. The van der Waals surface area contributed by atoms with Crippen LogP contribution in [0.15, 0.2) is 27.6 Å². The summed E-state index contributed by atoms with van der Waals surface area (Å²) < 4.78 is 27.6. The Morgan fingerprint density at radius 3 is 2.57 bits per heavy atom. The number of hydrogen-bond acceptors (Lipinski definition) is 4. The fraction of sp³-hybridized carbons (Fsp3) is 0.571. The molecule has 0 fully saturated rings. The van der Waals surface area contributed by atoms with Gasteiger partial charge in [-0.15, -0.1) is 0 Å². The molecule has 0 unspecified atom stereocenters. The van der Waals surface area contributed by atoms with Crippen LogP contribution in [-0.4, -0.2) is 27.0 Å². The highest BCUT2D eigenvalue weighted by Gasteiger charge is 2.16. The molecule has 0 aromatic heterocycles. The van der Waals surface area contributed by atoms with E-state index in [0.717, 1.165) is 24.8 Å². The van der Waals surface area contributed by atoms with Crippen LogP contribution in [0.25, 0.3) is 0 Å². The first-order chi connectivity index (χ1) is 10.0. The second-order valence-electron chi connectivity index (χ2n) is 4.77. The van der Waals surface area contributed by atoms with Crippen LogP contribution >= 0.6 is 27.7 Å². The van der Waals surface area contributed by atoms with Crippen molar-refractivity contribution in [1.29, 1.82) is 0 Å². The van der Waals surface area contributed by atoms with E-state index in [2.05, 4.69) is 26.9 Å². The smallest absolute Gasteiger partial charge is 0.241 e. The molecule has 0 radical (unpaired) electrons. The minimum Gasteiger partial charge on any atom is -0.326 e. The average Bonchev–Trinajstić information content (AvgIpc) is 2.45. The molecule has 1 rings (SSSR count). The van der Waals surface area contributed by atoms with Crippen LogP contribution in [0.3, 0.4) is 0 Å². The third kappa shape index (κ3) is 6.69. The molecule has 3 N–H and O–H groups in total. The van der Waals surface area contributed by atoms with Crippen LogP contribution in [0.5, 0.6) is 0 Å². The maximum absolute atomic E-state index is 12.2. The monoisotopic (exact) mass is 394 g/mol. The van der Waals surface area contributed by atoms with Crippen LogP contribution in [0.4, 0.5) is 0 Å². The van der Waals surface area contributed by atoms with Gasteiger partial charge in [0.05, 0.1) is 4.90 Å². The maximum atomic E-state index is 12.2. The van der Waals surface area contributed by atoms with Crippen molar-refractivity contribution in [1.82, 2.24) is 4.72 Å². The average molecular weight is 395 g/mol. The number of halogens is 1. The van der Waals surface area contributed by atoms with Crippen LogP contribution in [0.1, 0.15) is 31.2 Å². The lowest BCUT2D eigenvalue weighted by Gasteiger charge is -2.09. The first kappa shape index (κ1) is 19.0. The zero-order valence-electron chi connectivity index (χ0n) is 12.3. The van der Waals surface area contributed by atoms with E-state index in [4.69, 9.17) is 5.73 Å². The normalized spacial score (nSPS) is 11.8. The summed E-state index contributed by atoms with van der Waals surface area (Å²) in [6, 6.07) is 5.08. The fourth-order valence-electron chi connectivity index (χ4n) is 1.90. The number of sulfonamides is 1. The minimum atomic E-state index is -3.46. The molecular formula is C14H23BrN2O2S2. The van der Waals surface area contributed by atoms with E-state index in [9.17, 15) is 8.42 Å². The summed E-state index contributed by atoms with van der Waals surface area (Å²) in [5.74, 6) is 1.17. The summed E-state index contributed by atoms with van der Waals surface area (Å²) in [5.41, 5.74) is 6.44. The minimum absolute atomic E-state index is 0.266. The van der Waals surface area contributed by atoms with Crippen molar-refractivity contribution in [2.75, 3.05) is 18.6 Å². The quantitative estimate of drug-likeness (QED) is 0.597. The predicted octanol–water partition coefficient (Wildman–Crippen LogP) is 3.11. The predicted molar refractivity (Wildman–Crippen MR) is 94.1 cm³/mol. The molecular weight excluding hydrogens is 372 g/mol. The Bertz CT molecular complexity index is 536. The van der Waals surface area contributed by atoms with E-state index in [-0.39, 0.29) is 4.90 Å². The number of unbranched alkanes of at least 4 members (excludes halogenated alkanes) is 3. The van der Waals surface area contributed by atoms with Crippen molar-refractivity contribution in [2.45, 2.75) is 37.1 Å². The Labute approximate surface area is 140 Å². The van der Waals surface area contributed by atoms with Gasteiger partial charge in [0.2, 0.25) is 10.0 Å². The first-order valence-electron chi connectivity index (χ1n) is 6.98. The molecule has 120 valence electrons. The molecule has 4 nitrogen and oxygen atoms in total. The van der Waals surface area contributed by atoms with Gasteiger partial charge < -0.3 is 5.73 Å². The van der Waals surface area contributed by atoms with Gasteiger partial charge in [0.25, 0.3) is 0 Å². The summed E-state index contributed by atoms with van der Waals surface area (Å²) in [6.07, 6.45) is 6.36. The standard InChI is InChI=1S/C14H23BrN2O2S2/c1-20-9-5-3-2-4-8-17-21(18,19)14-7-6-12(11-16)10-13(14)15/h6-7,10,17H,2-5,8-9,11,16H2,1H3. The Morgan fingerprint density at radius 1 is 1.24 bits per heavy atom. The Hall–Kier alpha value is -0.0800. The van der Waals surface area contributed by atoms with Crippen LogP contribution in [0, 0.1) is 0 Å². The van der Waals surface area contributed by atoms with Gasteiger partial charge in [-0.2, -0.15) is 11.8 Å². The van der Waals surface area contributed by atoms with E-state index >= 15 is 0 Å². The highest BCUT2D eigenvalue weighted by molar-refractivity contribution is 9.10. The molecule has 0 saturated heterocycles. The van der Waals surface area contributed by atoms with Crippen LogP contribution < -0.4 is 10.5 Å². The van der Waals surface area contributed by atoms with Crippen molar-refractivity contribution in [2.24, 2.45) is 5.73 Å². The van der Waals surface area contributed by atoms with Crippen molar-refractivity contribution in [3.63, 3.8) is 0 Å². The number of rotatable bonds is 10. The summed E-state index contributed by atoms with van der Waals surface area (Å²) in [7, 11) is -3.46. The van der Waals surface area contributed by atoms with E-state index in [0.29, 0.717) is 17.6 Å². The Balaban J connectivity index is 2.46. The molecule has 0 amide bonds. The lowest BCUT2D eigenvalue weighted by atomic mass is 10.2. The first-order valence-corrected chi connectivity index (χ1v) is 10.7. The molecule has 7 heteroatoms. The number of nitrogens with two attached hydrogens (primary N) is 1. The highest BCUT2D eigenvalue weighted by atomic mass is 79.9.